The number of rotatable bonds is 4. The monoisotopic (exact) mass is 368 g/mol. The molecule has 0 aliphatic carbocycles. The van der Waals surface area contributed by atoms with Gasteiger partial charge in [-0.1, -0.05) is 0 Å². The van der Waals surface area contributed by atoms with E-state index in [9.17, 15) is 8.42 Å². The average molecular weight is 368 g/mol. The Hall–Kier alpha value is -1.64. The summed E-state index contributed by atoms with van der Waals surface area (Å²) in [5, 5.41) is 0. The van der Waals surface area contributed by atoms with Gasteiger partial charge in [0.2, 0.25) is 0 Å². The molecule has 3 rings (SSSR count). The fourth-order valence-corrected chi connectivity index (χ4v) is 3.89. The predicted octanol–water partition coefficient (Wildman–Crippen LogP) is 2.44. The Balaban J connectivity index is 1.94. The zero-order chi connectivity index (χ0) is 18.5. The lowest BCUT2D eigenvalue weighted by Gasteiger charge is -2.22. The van der Waals surface area contributed by atoms with Gasteiger partial charge in [0.25, 0.3) is 0 Å². The standard InChI is InChI=1S/C17H24N2O5S/c1-16(2,3)25(20,21)14-9-19-7-6-18-15(19)8-13(14)22-10-12-11-23-17(4,5)24-12/h6-9,12H,10-11H2,1-5H3. The van der Waals surface area contributed by atoms with Crippen LogP contribution in [0.4, 0.5) is 0 Å². The molecule has 0 radical (unpaired) electrons. The third-order valence-corrected chi connectivity index (χ3v) is 6.54. The highest BCUT2D eigenvalue weighted by atomic mass is 32.2. The molecule has 25 heavy (non-hydrogen) atoms. The molecule has 0 saturated carbocycles. The number of sulfone groups is 1. The van der Waals surface area contributed by atoms with E-state index in [4.69, 9.17) is 14.2 Å². The Bertz CT molecular complexity index is 880. The number of fused-ring (bicyclic) bond motifs is 1. The Labute approximate surface area is 147 Å². The van der Waals surface area contributed by atoms with Gasteiger partial charge in [-0.3, -0.25) is 0 Å². The maximum Gasteiger partial charge on any atom is 0.188 e. The van der Waals surface area contributed by atoms with Crippen LogP contribution in [-0.2, 0) is 19.3 Å². The van der Waals surface area contributed by atoms with Crippen molar-refractivity contribution in [3.63, 3.8) is 0 Å². The highest BCUT2D eigenvalue weighted by Crippen LogP contribution is 2.33. The van der Waals surface area contributed by atoms with Crippen LogP contribution in [0.2, 0.25) is 0 Å². The van der Waals surface area contributed by atoms with Gasteiger partial charge in [-0.05, 0) is 34.6 Å². The van der Waals surface area contributed by atoms with Gasteiger partial charge in [-0.25, -0.2) is 13.4 Å². The maximum atomic E-state index is 13.0. The van der Waals surface area contributed by atoms with Gasteiger partial charge in [0.15, 0.2) is 15.6 Å². The van der Waals surface area contributed by atoms with Gasteiger partial charge in [0.1, 0.15) is 29.0 Å². The summed E-state index contributed by atoms with van der Waals surface area (Å²) in [5.74, 6) is -0.372. The molecule has 1 aliphatic rings. The summed E-state index contributed by atoms with van der Waals surface area (Å²) < 4.78 is 43.7. The van der Waals surface area contributed by atoms with Crippen molar-refractivity contribution >= 4 is 15.5 Å². The van der Waals surface area contributed by atoms with Crippen LogP contribution in [0.1, 0.15) is 34.6 Å². The first kappa shape index (κ1) is 18.2. The SMILES string of the molecule is CC1(C)OCC(COc2cc3nccn3cc2S(=O)(=O)C(C)(C)C)O1. The molecule has 0 aromatic carbocycles. The van der Waals surface area contributed by atoms with E-state index < -0.39 is 20.4 Å². The largest absolute Gasteiger partial charge is 0.489 e. The Kier molecular flexibility index (Phi) is 4.33. The van der Waals surface area contributed by atoms with Gasteiger partial charge in [-0.15, -0.1) is 0 Å². The zero-order valence-electron chi connectivity index (χ0n) is 15.1. The molecular formula is C17H24N2O5S. The molecule has 7 nitrogen and oxygen atoms in total. The molecule has 1 aliphatic heterocycles. The van der Waals surface area contributed by atoms with E-state index in [0.717, 1.165) is 0 Å². The summed E-state index contributed by atoms with van der Waals surface area (Å²) in [7, 11) is -3.59. The predicted molar refractivity (Wildman–Crippen MR) is 92.5 cm³/mol. The molecule has 0 bridgehead atoms. The molecule has 0 amide bonds. The van der Waals surface area contributed by atoms with Crippen LogP contribution in [0, 0.1) is 0 Å². The minimum Gasteiger partial charge on any atom is -0.489 e. The van der Waals surface area contributed by atoms with E-state index in [1.807, 2.05) is 13.8 Å². The van der Waals surface area contributed by atoms with Crippen molar-refractivity contribution in [1.82, 2.24) is 9.38 Å². The smallest absolute Gasteiger partial charge is 0.188 e. The van der Waals surface area contributed by atoms with Crippen molar-refractivity contribution in [3.05, 3.63) is 24.7 Å². The number of hydrogen-bond donors (Lipinski definition) is 0. The first-order chi connectivity index (χ1) is 11.5. The summed E-state index contributed by atoms with van der Waals surface area (Å²) >= 11 is 0. The second kappa shape index (κ2) is 5.96. The Morgan fingerprint density at radius 1 is 1.40 bits per heavy atom. The van der Waals surface area contributed by atoms with E-state index in [0.29, 0.717) is 12.3 Å². The number of pyridine rings is 1. The number of aromatic nitrogens is 2. The highest BCUT2D eigenvalue weighted by molar-refractivity contribution is 7.92. The minimum absolute atomic E-state index is 0.142. The van der Waals surface area contributed by atoms with Gasteiger partial charge in [-0.2, -0.15) is 0 Å². The first-order valence-electron chi connectivity index (χ1n) is 8.15. The third kappa shape index (κ3) is 3.51. The van der Waals surface area contributed by atoms with Crippen molar-refractivity contribution in [3.8, 4) is 5.75 Å². The van der Waals surface area contributed by atoms with E-state index >= 15 is 0 Å². The van der Waals surface area contributed by atoms with Crippen LogP contribution in [0.25, 0.3) is 5.65 Å². The maximum absolute atomic E-state index is 13.0. The van der Waals surface area contributed by atoms with Crippen molar-refractivity contribution < 1.29 is 22.6 Å². The average Bonchev–Trinajstić information content (AvgIpc) is 3.08. The van der Waals surface area contributed by atoms with Crippen LogP contribution >= 0.6 is 0 Å². The lowest BCUT2D eigenvalue weighted by atomic mass is 10.3. The van der Waals surface area contributed by atoms with Gasteiger partial charge in [0.05, 0.1) is 11.4 Å². The van der Waals surface area contributed by atoms with Crippen LogP contribution in [0.5, 0.6) is 5.75 Å². The highest BCUT2D eigenvalue weighted by Gasteiger charge is 2.36. The van der Waals surface area contributed by atoms with Crippen LogP contribution in [0.3, 0.4) is 0 Å². The summed E-state index contributed by atoms with van der Waals surface area (Å²) in [6.07, 6.45) is 4.62. The lowest BCUT2D eigenvalue weighted by molar-refractivity contribution is -0.141. The molecule has 0 spiro atoms. The zero-order valence-corrected chi connectivity index (χ0v) is 16.0. The lowest BCUT2D eigenvalue weighted by Crippen LogP contribution is -2.29. The molecule has 138 valence electrons. The normalized spacial score (nSPS) is 20.9. The molecule has 1 saturated heterocycles. The van der Waals surface area contributed by atoms with E-state index in [2.05, 4.69) is 4.98 Å². The van der Waals surface area contributed by atoms with E-state index in [-0.39, 0.29) is 23.4 Å². The van der Waals surface area contributed by atoms with E-state index in [1.165, 1.54) is 0 Å². The molecular weight excluding hydrogens is 344 g/mol. The summed E-state index contributed by atoms with van der Waals surface area (Å²) in [4.78, 5) is 4.34. The van der Waals surface area contributed by atoms with E-state index in [1.54, 1.807) is 49.8 Å². The Morgan fingerprint density at radius 2 is 2.12 bits per heavy atom. The molecule has 2 aromatic heterocycles. The molecule has 8 heteroatoms. The third-order valence-electron chi connectivity index (χ3n) is 4.05. The summed E-state index contributed by atoms with van der Waals surface area (Å²) in [6.45, 7) is 9.27. The molecule has 1 unspecified atom stereocenters. The summed E-state index contributed by atoms with van der Waals surface area (Å²) in [6, 6.07) is 1.64. The first-order valence-corrected chi connectivity index (χ1v) is 9.64. The number of imidazole rings is 1. The molecule has 3 heterocycles. The van der Waals surface area contributed by atoms with Crippen LogP contribution < -0.4 is 4.74 Å². The molecule has 1 fully saturated rings. The van der Waals surface area contributed by atoms with Crippen molar-refractivity contribution in [2.75, 3.05) is 13.2 Å². The van der Waals surface area contributed by atoms with Crippen molar-refractivity contribution in [2.45, 2.75) is 56.2 Å². The van der Waals surface area contributed by atoms with Crippen LogP contribution in [-0.4, -0.2) is 47.7 Å². The van der Waals surface area contributed by atoms with Gasteiger partial charge < -0.3 is 18.6 Å². The fourth-order valence-electron chi connectivity index (χ4n) is 2.60. The number of ether oxygens (including phenoxy) is 3. The van der Waals surface area contributed by atoms with Crippen LogP contribution in [0.15, 0.2) is 29.6 Å². The molecule has 0 N–H and O–H groups in total. The fraction of sp³-hybridized carbons (Fsp3) is 0.588. The second-order valence-electron chi connectivity index (χ2n) is 7.57. The second-order valence-corrected chi connectivity index (χ2v) is 10.2. The molecule has 2 aromatic rings. The summed E-state index contributed by atoms with van der Waals surface area (Å²) in [5.41, 5.74) is 0.617. The number of hydrogen-bond acceptors (Lipinski definition) is 6. The van der Waals surface area contributed by atoms with Gasteiger partial charge >= 0.3 is 0 Å². The number of nitrogens with zero attached hydrogens (tertiary/aromatic N) is 2. The van der Waals surface area contributed by atoms with Crippen molar-refractivity contribution in [2.24, 2.45) is 0 Å². The Morgan fingerprint density at radius 3 is 2.72 bits per heavy atom. The molecule has 1 atom stereocenters. The minimum atomic E-state index is -3.59. The topological polar surface area (TPSA) is 79.1 Å². The van der Waals surface area contributed by atoms with Gasteiger partial charge in [0, 0.05) is 24.7 Å². The quantitative estimate of drug-likeness (QED) is 0.825. The van der Waals surface area contributed by atoms with Crippen molar-refractivity contribution in [1.29, 1.82) is 0 Å².